The number of nitrogens with zero attached hydrogens (tertiary/aromatic N) is 1. The summed E-state index contributed by atoms with van der Waals surface area (Å²) in [5, 5.41) is 2.65. The zero-order chi connectivity index (χ0) is 17.5. The van der Waals surface area contributed by atoms with Gasteiger partial charge in [0.2, 0.25) is 11.8 Å². The average Bonchev–Trinajstić information content (AvgIpc) is 2.62. The van der Waals surface area contributed by atoms with E-state index in [1.807, 2.05) is 54.6 Å². The standard InChI is InChI=1S/C19H22N2O3/c1-14(22)21(13-15-9-11-17(24-3)12-10-15)18(19(23)20-2)16-7-5-4-6-8-16/h4-12,18H,13H2,1-3H3,(H,20,23)/t18-/m1/s1. The molecule has 0 spiro atoms. The van der Waals surface area contributed by atoms with Crippen molar-refractivity contribution in [3.8, 4) is 5.75 Å². The van der Waals surface area contributed by atoms with Crippen LogP contribution in [0, 0.1) is 0 Å². The molecule has 24 heavy (non-hydrogen) atoms. The van der Waals surface area contributed by atoms with E-state index in [1.54, 1.807) is 19.1 Å². The van der Waals surface area contributed by atoms with Crippen molar-refractivity contribution in [3.63, 3.8) is 0 Å². The number of hydrogen-bond acceptors (Lipinski definition) is 3. The second-order valence-electron chi connectivity index (χ2n) is 5.42. The molecule has 0 saturated carbocycles. The fourth-order valence-corrected chi connectivity index (χ4v) is 2.56. The molecular formula is C19H22N2O3. The molecule has 0 aliphatic rings. The third-order valence-electron chi connectivity index (χ3n) is 3.84. The van der Waals surface area contributed by atoms with E-state index >= 15 is 0 Å². The highest BCUT2D eigenvalue weighted by atomic mass is 16.5. The smallest absolute Gasteiger partial charge is 0.247 e. The summed E-state index contributed by atoms with van der Waals surface area (Å²) in [4.78, 5) is 26.2. The van der Waals surface area contributed by atoms with Crippen LogP contribution >= 0.6 is 0 Å². The van der Waals surface area contributed by atoms with E-state index in [4.69, 9.17) is 4.74 Å². The Morgan fingerprint density at radius 3 is 2.21 bits per heavy atom. The van der Waals surface area contributed by atoms with Gasteiger partial charge >= 0.3 is 0 Å². The molecular weight excluding hydrogens is 304 g/mol. The lowest BCUT2D eigenvalue weighted by molar-refractivity contribution is -0.139. The molecule has 2 aromatic rings. The van der Waals surface area contributed by atoms with E-state index in [9.17, 15) is 9.59 Å². The van der Waals surface area contributed by atoms with Gasteiger partial charge in [-0.1, -0.05) is 42.5 Å². The maximum atomic E-state index is 12.4. The van der Waals surface area contributed by atoms with Gasteiger partial charge in [-0.05, 0) is 23.3 Å². The fourth-order valence-electron chi connectivity index (χ4n) is 2.56. The predicted molar refractivity (Wildman–Crippen MR) is 92.5 cm³/mol. The molecule has 0 aliphatic carbocycles. The van der Waals surface area contributed by atoms with Crippen LogP contribution in [0.3, 0.4) is 0 Å². The van der Waals surface area contributed by atoms with Gasteiger partial charge in [0.1, 0.15) is 11.8 Å². The summed E-state index contributed by atoms with van der Waals surface area (Å²) in [5.74, 6) is 0.368. The highest BCUT2D eigenvalue weighted by Crippen LogP contribution is 2.24. The molecule has 2 aromatic carbocycles. The Morgan fingerprint density at radius 2 is 1.71 bits per heavy atom. The monoisotopic (exact) mass is 326 g/mol. The van der Waals surface area contributed by atoms with Crippen LogP contribution in [0.25, 0.3) is 0 Å². The minimum atomic E-state index is -0.671. The number of benzene rings is 2. The van der Waals surface area contributed by atoms with Crippen molar-refractivity contribution in [3.05, 3.63) is 65.7 Å². The largest absolute Gasteiger partial charge is 0.497 e. The molecule has 5 heteroatoms. The van der Waals surface area contributed by atoms with Gasteiger partial charge in [0.05, 0.1) is 7.11 Å². The average molecular weight is 326 g/mol. The van der Waals surface area contributed by atoms with E-state index in [1.165, 1.54) is 6.92 Å². The highest BCUT2D eigenvalue weighted by molar-refractivity contribution is 5.87. The topological polar surface area (TPSA) is 58.6 Å². The van der Waals surface area contributed by atoms with Crippen LogP contribution in [0.2, 0.25) is 0 Å². The van der Waals surface area contributed by atoms with Crippen LogP contribution in [-0.4, -0.2) is 30.9 Å². The molecule has 0 fully saturated rings. The van der Waals surface area contributed by atoms with Gasteiger partial charge in [0.15, 0.2) is 0 Å². The molecule has 0 radical (unpaired) electrons. The quantitative estimate of drug-likeness (QED) is 0.887. The first kappa shape index (κ1) is 17.5. The van der Waals surface area contributed by atoms with Crippen LogP contribution in [-0.2, 0) is 16.1 Å². The molecule has 5 nitrogen and oxygen atoms in total. The lowest BCUT2D eigenvalue weighted by Gasteiger charge is -2.30. The second-order valence-corrected chi connectivity index (χ2v) is 5.42. The van der Waals surface area contributed by atoms with Gasteiger partial charge in [-0.15, -0.1) is 0 Å². The first-order valence-electron chi connectivity index (χ1n) is 7.73. The van der Waals surface area contributed by atoms with Crippen LogP contribution < -0.4 is 10.1 Å². The van der Waals surface area contributed by atoms with Crippen molar-refractivity contribution in [1.82, 2.24) is 10.2 Å². The molecule has 1 atom stereocenters. The summed E-state index contributed by atoms with van der Waals surface area (Å²) < 4.78 is 5.15. The summed E-state index contributed by atoms with van der Waals surface area (Å²) in [6.07, 6.45) is 0. The number of amides is 2. The second kappa shape index (κ2) is 8.15. The summed E-state index contributed by atoms with van der Waals surface area (Å²) >= 11 is 0. The maximum absolute atomic E-state index is 12.4. The van der Waals surface area contributed by atoms with Gasteiger partial charge in [-0.2, -0.15) is 0 Å². The lowest BCUT2D eigenvalue weighted by atomic mass is 10.0. The first-order chi connectivity index (χ1) is 11.6. The zero-order valence-electron chi connectivity index (χ0n) is 14.2. The van der Waals surface area contributed by atoms with E-state index in [-0.39, 0.29) is 11.8 Å². The molecule has 0 aliphatic heterocycles. The van der Waals surface area contributed by atoms with Gasteiger partial charge in [0, 0.05) is 20.5 Å². The molecule has 2 amide bonds. The van der Waals surface area contributed by atoms with Crippen molar-refractivity contribution < 1.29 is 14.3 Å². The lowest BCUT2D eigenvalue weighted by Crippen LogP contribution is -2.41. The van der Waals surface area contributed by atoms with E-state index in [0.29, 0.717) is 6.54 Å². The molecule has 0 bridgehead atoms. The van der Waals surface area contributed by atoms with Crippen LogP contribution in [0.4, 0.5) is 0 Å². The normalized spacial score (nSPS) is 11.5. The Kier molecular flexibility index (Phi) is 5.95. The summed E-state index contributed by atoms with van der Waals surface area (Å²) in [6, 6.07) is 16.1. The molecule has 1 N–H and O–H groups in total. The highest BCUT2D eigenvalue weighted by Gasteiger charge is 2.28. The Bertz CT molecular complexity index is 684. The number of ether oxygens (including phenoxy) is 1. The summed E-state index contributed by atoms with van der Waals surface area (Å²) in [6.45, 7) is 1.81. The van der Waals surface area contributed by atoms with E-state index in [0.717, 1.165) is 16.9 Å². The van der Waals surface area contributed by atoms with Crippen LogP contribution in [0.1, 0.15) is 24.1 Å². The number of likely N-dealkylation sites (N-methyl/N-ethyl adjacent to an activating group) is 1. The molecule has 0 heterocycles. The number of rotatable bonds is 6. The molecule has 126 valence electrons. The van der Waals surface area contributed by atoms with Crippen molar-refractivity contribution in [1.29, 1.82) is 0 Å². The molecule has 0 aromatic heterocycles. The number of carbonyl (C=O) groups is 2. The van der Waals surface area contributed by atoms with E-state index in [2.05, 4.69) is 5.32 Å². The maximum Gasteiger partial charge on any atom is 0.247 e. The van der Waals surface area contributed by atoms with Crippen LogP contribution in [0.15, 0.2) is 54.6 Å². The summed E-state index contributed by atoms with van der Waals surface area (Å²) in [5.41, 5.74) is 1.70. The SMILES string of the molecule is CNC(=O)[C@@H](c1ccccc1)N(Cc1ccc(OC)cc1)C(C)=O. The van der Waals surface area contributed by atoms with E-state index < -0.39 is 6.04 Å². The third-order valence-corrected chi connectivity index (χ3v) is 3.84. The Morgan fingerprint density at radius 1 is 1.08 bits per heavy atom. The van der Waals surface area contributed by atoms with Gasteiger partial charge in [-0.3, -0.25) is 9.59 Å². The number of carbonyl (C=O) groups excluding carboxylic acids is 2. The Labute approximate surface area is 142 Å². The summed E-state index contributed by atoms with van der Waals surface area (Å²) in [7, 11) is 3.18. The fraction of sp³-hybridized carbons (Fsp3) is 0.263. The molecule has 2 rings (SSSR count). The molecule has 0 unspecified atom stereocenters. The van der Waals surface area contributed by atoms with Gasteiger partial charge < -0.3 is 15.0 Å². The minimum Gasteiger partial charge on any atom is -0.497 e. The van der Waals surface area contributed by atoms with Crippen molar-refractivity contribution >= 4 is 11.8 Å². The third kappa shape index (κ3) is 4.13. The van der Waals surface area contributed by atoms with Crippen molar-refractivity contribution in [2.75, 3.05) is 14.2 Å². The molecule has 0 saturated heterocycles. The first-order valence-corrected chi connectivity index (χ1v) is 7.73. The number of hydrogen-bond donors (Lipinski definition) is 1. The minimum absolute atomic E-state index is 0.164. The number of methoxy groups -OCH3 is 1. The number of nitrogens with one attached hydrogen (secondary N) is 1. The predicted octanol–water partition coefficient (Wildman–Crippen LogP) is 2.53. The van der Waals surface area contributed by atoms with Crippen molar-refractivity contribution in [2.45, 2.75) is 19.5 Å². The van der Waals surface area contributed by atoms with Crippen LogP contribution in [0.5, 0.6) is 5.75 Å². The zero-order valence-corrected chi connectivity index (χ0v) is 14.2. The Hall–Kier alpha value is -2.82. The van der Waals surface area contributed by atoms with Crippen molar-refractivity contribution in [2.24, 2.45) is 0 Å². The van der Waals surface area contributed by atoms with Gasteiger partial charge in [0.25, 0.3) is 0 Å². The Balaban J connectivity index is 2.34. The van der Waals surface area contributed by atoms with Gasteiger partial charge in [-0.25, -0.2) is 0 Å².